The molecule has 1 nitrogen and oxygen atoms in total. The van der Waals surface area contributed by atoms with Gasteiger partial charge in [0.1, 0.15) is 6.29 Å². The molecule has 1 aliphatic carbocycles. The lowest BCUT2D eigenvalue weighted by Gasteiger charge is -2.16. The molecule has 0 N–H and O–H groups in total. The summed E-state index contributed by atoms with van der Waals surface area (Å²) in [5, 5.41) is 0. The molecule has 1 aromatic carbocycles. The van der Waals surface area contributed by atoms with Crippen LogP contribution in [0.3, 0.4) is 0 Å². The van der Waals surface area contributed by atoms with Gasteiger partial charge < -0.3 is 0 Å². The van der Waals surface area contributed by atoms with Crippen LogP contribution in [-0.4, -0.2) is 6.29 Å². The first-order valence-corrected chi connectivity index (χ1v) is 5.20. The fraction of sp³-hybridized carbons (Fsp3) is 0.214. The third-order valence-electron chi connectivity index (χ3n) is 2.85. The summed E-state index contributed by atoms with van der Waals surface area (Å²) in [6, 6.07) is 8.40. The molecular weight excluding hydrogens is 184 g/mol. The lowest BCUT2D eigenvalue weighted by Crippen LogP contribution is -2.01. The topological polar surface area (TPSA) is 17.1 Å². The summed E-state index contributed by atoms with van der Waals surface area (Å²) in [7, 11) is 0. The number of aryl methyl sites for hydroxylation is 1. The van der Waals surface area contributed by atoms with Crippen LogP contribution in [0.2, 0.25) is 0 Å². The van der Waals surface area contributed by atoms with Crippen molar-refractivity contribution in [3.05, 3.63) is 59.2 Å². The van der Waals surface area contributed by atoms with Gasteiger partial charge in [-0.05, 0) is 24.5 Å². The molecule has 15 heavy (non-hydrogen) atoms. The van der Waals surface area contributed by atoms with Crippen molar-refractivity contribution in [2.75, 3.05) is 0 Å². The molecule has 1 unspecified atom stereocenters. The van der Waals surface area contributed by atoms with Crippen LogP contribution in [0.15, 0.2) is 48.1 Å². The van der Waals surface area contributed by atoms with Gasteiger partial charge in [0.25, 0.3) is 0 Å². The highest BCUT2D eigenvalue weighted by Gasteiger charge is 2.12. The van der Waals surface area contributed by atoms with Gasteiger partial charge in [0.05, 0.1) is 0 Å². The maximum atomic E-state index is 10.6. The number of rotatable bonds is 2. The maximum Gasteiger partial charge on any atom is 0.149 e. The van der Waals surface area contributed by atoms with Crippen LogP contribution in [0.5, 0.6) is 0 Å². The highest BCUT2D eigenvalue weighted by atomic mass is 16.1. The first-order valence-electron chi connectivity index (χ1n) is 5.20. The van der Waals surface area contributed by atoms with E-state index in [-0.39, 0.29) is 0 Å². The molecule has 1 heteroatoms. The molecule has 1 aliphatic rings. The number of benzene rings is 1. The maximum absolute atomic E-state index is 10.6. The van der Waals surface area contributed by atoms with Gasteiger partial charge in [-0.3, -0.25) is 4.79 Å². The van der Waals surface area contributed by atoms with Crippen molar-refractivity contribution in [2.45, 2.75) is 19.3 Å². The van der Waals surface area contributed by atoms with E-state index in [4.69, 9.17) is 0 Å². The van der Waals surface area contributed by atoms with Crippen LogP contribution in [0.25, 0.3) is 0 Å². The van der Waals surface area contributed by atoms with Gasteiger partial charge in [0.15, 0.2) is 0 Å². The highest BCUT2D eigenvalue weighted by Crippen LogP contribution is 2.28. The third kappa shape index (κ3) is 2.07. The SMILES string of the molecule is Cc1ccccc1C1C=CC(C=O)=CC1. The van der Waals surface area contributed by atoms with Crippen molar-refractivity contribution in [3.63, 3.8) is 0 Å². The fourth-order valence-corrected chi connectivity index (χ4v) is 1.96. The second-order valence-corrected chi connectivity index (χ2v) is 3.88. The van der Waals surface area contributed by atoms with E-state index in [0.717, 1.165) is 18.3 Å². The molecule has 0 saturated carbocycles. The van der Waals surface area contributed by atoms with Crippen LogP contribution in [0, 0.1) is 6.92 Å². The Balaban J connectivity index is 2.23. The number of carbonyl (C=O) groups is 1. The Kier molecular flexibility index (Phi) is 2.82. The van der Waals surface area contributed by atoms with Crippen LogP contribution >= 0.6 is 0 Å². The molecule has 0 spiro atoms. The highest BCUT2D eigenvalue weighted by molar-refractivity contribution is 5.78. The molecule has 0 bridgehead atoms. The monoisotopic (exact) mass is 198 g/mol. The lowest BCUT2D eigenvalue weighted by atomic mass is 9.88. The number of hydrogen-bond donors (Lipinski definition) is 0. The van der Waals surface area contributed by atoms with Crippen molar-refractivity contribution in [1.29, 1.82) is 0 Å². The zero-order chi connectivity index (χ0) is 10.7. The van der Waals surface area contributed by atoms with Crippen molar-refractivity contribution in [2.24, 2.45) is 0 Å². The van der Waals surface area contributed by atoms with E-state index in [0.29, 0.717) is 5.92 Å². The molecule has 1 atom stereocenters. The average Bonchev–Trinajstić information content (AvgIpc) is 2.30. The Hall–Kier alpha value is -1.63. The molecule has 0 saturated heterocycles. The Bertz CT molecular complexity index is 427. The largest absolute Gasteiger partial charge is 0.298 e. The molecule has 0 amide bonds. The van der Waals surface area contributed by atoms with Gasteiger partial charge in [-0.15, -0.1) is 0 Å². The third-order valence-corrected chi connectivity index (χ3v) is 2.85. The normalized spacial score (nSPS) is 19.8. The van der Waals surface area contributed by atoms with E-state index >= 15 is 0 Å². The quantitative estimate of drug-likeness (QED) is 0.667. The Labute approximate surface area is 90.1 Å². The van der Waals surface area contributed by atoms with E-state index < -0.39 is 0 Å². The van der Waals surface area contributed by atoms with Crippen LogP contribution < -0.4 is 0 Å². The molecule has 2 rings (SSSR count). The van der Waals surface area contributed by atoms with Gasteiger partial charge >= 0.3 is 0 Å². The van der Waals surface area contributed by atoms with Crippen molar-refractivity contribution >= 4 is 6.29 Å². The summed E-state index contributed by atoms with van der Waals surface area (Å²) in [5.74, 6) is 0.426. The van der Waals surface area contributed by atoms with Gasteiger partial charge in [-0.1, -0.05) is 42.5 Å². The Morgan fingerprint density at radius 2 is 2.13 bits per heavy atom. The summed E-state index contributed by atoms with van der Waals surface area (Å²) < 4.78 is 0. The fourth-order valence-electron chi connectivity index (χ4n) is 1.96. The molecule has 0 radical (unpaired) electrons. The zero-order valence-electron chi connectivity index (χ0n) is 8.81. The van der Waals surface area contributed by atoms with Gasteiger partial charge in [0.2, 0.25) is 0 Å². The predicted molar refractivity (Wildman–Crippen MR) is 61.8 cm³/mol. The van der Waals surface area contributed by atoms with E-state index in [1.54, 1.807) is 0 Å². The number of allylic oxidation sites excluding steroid dienone is 4. The molecule has 0 aliphatic heterocycles. The summed E-state index contributed by atoms with van der Waals surface area (Å²) in [5.41, 5.74) is 3.46. The minimum absolute atomic E-state index is 0.426. The Morgan fingerprint density at radius 1 is 1.33 bits per heavy atom. The second-order valence-electron chi connectivity index (χ2n) is 3.88. The van der Waals surface area contributed by atoms with Crippen molar-refractivity contribution < 1.29 is 4.79 Å². The number of hydrogen-bond acceptors (Lipinski definition) is 1. The molecular formula is C14H14O. The van der Waals surface area contributed by atoms with Gasteiger partial charge in [0, 0.05) is 11.5 Å². The smallest absolute Gasteiger partial charge is 0.149 e. The molecule has 76 valence electrons. The van der Waals surface area contributed by atoms with Crippen molar-refractivity contribution in [1.82, 2.24) is 0 Å². The van der Waals surface area contributed by atoms with Gasteiger partial charge in [-0.2, -0.15) is 0 Å². The first-order chi connectivity index (χ1) is 7.31. The average molecular weight is 198 g/mol. The molecule has 0 heterocycles. The second kappa shape index (κ2) is 4.26. The standard InChI is InChI=1S/C14H14O/c1-11-4-2-3-5-14(11)13-8-6-12(10-15)7-9-13/h2-8,10,13H,9H2,1H3. The minimum Gasteiger partial charge on any atom is -0.298 e. The van der Waals surface area contributed by atoms with E-state index in [9.17, 15) is 4.79 Å². The van der Waals surface area contributed by atoms with E-state index in [2.05, 4.69) is 37.3 Å². The summed E-state index contributed by atoms with van der Waals surface area (Å²) >= 11 is 0. The number of carbonyl (C=O) groups excluding carboxylic acids is 1. The molecule has 0 aromatic heterocycles. The van der Waals surface area contributed by atoms with Gasteiger partial charge in [-0.25, -0.2) is 0 Å². The van der Waals surface area contributed by atoms with Crippen LogP contribution in [-0.2, 0) is 4.79 Å². The Morgan fingerprint density at radius 3 is 2.73 bits per heavy atom. The van der Waals surface area contributed by atoms with Crippen molar-refractivity contribution in [3.8, 4) is 0 Å². The lowest BCUT2D eigenvalue weighted by molar-refractivity contribution is -0.104. The minimum atomic E-state index is 0.426. The van der Waals surface area contributed by atoms with E-state index in [1.165, 1.54) is 11.1 Å². The molecule has 1 aromatic rings. The summed E-state index contributed by atoms with van der Waals surface area (Å²) in [6.45, 7) is 2.13. The first kappa shape index (κ1) is 9.91. The number of aldehydes is 1. The molecule has 0 fully saturated rings. The predicted octanol–water partition coefficient (Wildman–Crippen LogP) is 3.16. The zero-order valence-corrected chi connectivity index (χ0v) is 8.81. The van der Waals surface area contributed by atoms with Crippen LogP contribution in [0.4, 0.5) is 0 Å². The van der Waals surface area contributed by atoms with Crippen LogP contribution in [0.1, 0.15) is 23.5 Å². The summed E-state index contributed by atoms with van der Waals surface area (Å²) in [4.78, 5) is 10.6. The van der Waals surface area contributed by atoms with E-state index in [1.807, 2.05) is 12.2 Å². The summed E-state index contributed by atoms with van der Waals surface area (Å²) in [6.07, 6.45) is 7.86.